The lowest BCUT2D eigenvalue weighted by molar-refractivity contribution is 0.269. The largest absolute Gasteiger partial charge is 0.394 e. The Morgan fingerprint density at radius 3 is 3.00 bits per heavy atom. The van der Waals surface area contributed by atoms with Gasteiger partial charge in [-0.3, -0.25) is 4.68 Å². The maximum atomic E-state index is 8.83. The van der Waals surface area contributed by atoms with E-state index in [1.165, 1.54) is 0 Å². The number of H-pyrrole nitrogens is 1. The SMILES string of the molecule is OCCn1cc(CNCc2nc3ccccc3[nH]2)cn1. The molecule has 3 rings (SSSR count). The summed E-state index contributed by atoms with van der Waals surface area (Å²) in [5, 5.41) is 16.3. The zero-order valence-corrected chi connectivity index (χ0v) is 11.1. The third-order valence-corrected chi connectivity index (χ3v) is 3.08. The number of hydrogen-bond acceptors (Lipinski definition) is 4. The van der Waals surface area contributed by atoms with Crippen molar-refractivity contribution in [2.45, 2.75) is 19.6 Å². The van der Waals surface area contributed by atoms with E-state index in [0.717, 1.165) is 29.0 Å². The Morgan fingerprint density at radius 1 is 1.25 bits per heavy atom. The Morgan fingerprint density at radius 2 is 2.15 bits per heavy atom. The molecule has 3 aromatic rings. The first-order valence-corrected chi connectivity index (χ1v) is 6.61. The van der Waals surface area contributed by atoms with E-state index in [9.17, 15) is 0 Å². The van der Waals surface area contributed by atoms with Gasteiger partial charge < -0.3 is 15.4 Å². The summed E-state index contributed by atoms with van der Waals surface area (Å²) >= 11 is 0. The molecular weight excluding hydrogens is 254 g/mol. The van der Waals surface area contributed by atoms with Gasteiger partial charge >= 0.3 is 0 Å². The lowest BCUT2D eigenvalue weighted by atomic mass is 10.3. The van der Waals surface area contributed by atoms with Crippen molar-refractivity contribution >= 4 is 11.0 Å². The van der Waals surface area contributed by atoms with Gasteiger partial charge in [-0.15, -0.1) is 0 Å². The summed E-state index contributed by atoms with van der Waals surface area (Å²) in [5.41, 5.74) is 3.13. The molecule has 0 aliphatic rings. The van der Waals surface area contributed by atoms with Gasteiger partial charge in [-0.1, -0.05) is 12.1 Å². The summed E-state index contributed by atoms with van der Waals surface area (Å²) in [5.74, 6) is 0.925. The molecule has 0 bridgehead atoms. The van der Waals surface area contributed by atoms with Crippen molar-refractivity contribution in [1.82, 2.24) is 25.1 Å². The van der Waals surface area contributed by atoms with Crippen LogP contribution in [-0.4, -0.2) is 31.5 Å². The number of benzene rings is 1. The summed E-state index contributed by atoms with van der Waals surface area (Å²) in [6.07, 6.45) is 3.74. The van der Waals surface area contributed by atoms with Crippen LogP contribution in [0.2, 0.25) is 0 Å². The molecule has 20 heavy (non-hydrogen) atoms. The van der Waals surface area contributed by atoms with Crippen LogP contribution in [0.4, 0.5) is 0 Å². The van der Waals surface area contributed by atoms with Crippen molar-refractivity contribution in [2.24, 2.45) is 0 Å². The van der Waals surface area contributed by atoms with E-state index in [1.807, 2.05) is 30.5 Å². The second-order valence-corrected chi connectivity index (χ2v) is 4.64. The van der Waals surface area contributed by atoms with Crippen LogP contribution in [0.1, 0.15) is 11.4 Å². The van der Waals surface area contributed by atoms with E-state index < -0.39 is 0 Å². The standard InChI is InChI=1S/C14H17N5O/c20-6-5-19-10-11(8-16-19)7-15-9-14-17-12-3-1-2-4-13(12)18-14/h1-4,8,10,15,20H,5-7,9H2,(H,17,18). The smallest absolute Gasteiger partial charge is 0.121 e. The van der Waals surface area contributed by atoms with Crippen molar-refractivity contribution in [3.05, 3.63) is 48.0 Å². The van der Waals surface area contributed by atoms with Crippen molar-refractivity contribution < 1.29 is 5.11 Å². The number of hydrogen-bond donors (Lipinski definition) is 3. The highest BCUT2D eigenvalue weighted by Crippen LogP contribution is 2.10. The summed E-state index contributed by atoms with van der Waals surface area (Å²) in [7, 11) is 0. The van der Waals surface area contributed by atoms with E-state index in [-0.39, 0.29) is 6.61 Å². The van der Waals surface area contributed by atoms with Crippen LogP contribution in [-0.2, 0) is 19.6 Å². The van der Waals surface area contributed by atoms with E-state index in [2.05, 4.69) is 20.4 Å². The minimum atomic E-state index is 0.105. The van der Waals surface area contributed by atoms with Gasteiger partial charge in [-0.25, -0.2) is 4.98 Å². The Bertz CT molecular complexity index is 655. The molecule has 0 radical (unpaired) electrons. The molecule has 2 aromatic heterocycles. The number of aromatic nitrogens is 4. The van der Waals surface area contributed by atoms with Crippen LogP contribution in [0.25, 0.3) is 11.0 Å². The first kappa shape index (κ1) is 12.8. The molecule has 0 aliphatic carbocycles. The molecular formula is C14H17N5O. The number of imidazole rings is 1. The van der Waals surface area contributed by atoms with Crippen molar-refractivity contribution in [2.75, 3.05) is 6.61 Å². The fourth-order valence-corrected chi connectivity index (χ4v) is 2.14. The number of nitrogens with zero attached hydrogens (tertiary/aromatic N) is 3. The van der Waals surface area contributed by atoms with Gasteiger partial charge in [0.25, 0.3) is 0 Å². The van der Waals surface area contributed by atoms with Gasteiger partial charge in [0.15, 0.2) is 0 Å². The average Bonchev–Trinajstić information content (AvgIpc) is 3.05. The van der Waals surface area contributed by atoms with Gasteiger partial charge in [0, 0.05) is 18.3 Å². The summed E-state index contributed by atoms with van der Waals surface area (Å²) < 4.78 is 1.73. The molecule has 3 N–H and O–H groups in total. The molecule has 0 amide bonds. The minimum Gasteiger partial charge on any atom is -0.394 e. The highest BCUT2D eigenvalue weighted by atomic mass is 16.3. The summed E-state index contributed by atoms with van der Waals surface area (Å²) in [6.45, 7) is 2.04. The highest BCUT2D eigenvalue weighted by molar-refractivity contribution is 5.74. The number of aliphatic hydroxyl groups is 1. The summed E-state index contributed by atoms with van der Waals surface area (Å²) in [4.78, 5) is 7.79. The predicted molar refractivity (Wildman–Crippen MR) is 76.0 cm³/mol. The van der Waals surface area contributed by atoms with Crippen LogP contribution in [0.5, 0.6) is 0 Å². The Kier molecular flexibility index (Phi) is 3.76. The van der Waals surface area contributed by atoms with E-state index in [0.29, 0.717) is 13.1 Å². The van der Waals surface area contributed by atoms with Gasteiger partial charge in [0.1, 0.15) is 5.82 Å². The van der Waals surface area contributed by atoms with E-state index >= 15 is 0 Å². The second kappa shape index (κ2) is 5.85. The second-order valence-electron chi connectivity index (χ2n) is 4.64. The number of aromatic amines is 1. The van der Waals surface area contributed by atoms with Crippen molar-refractivity contribution in [3.8, 4) is 0 Å². The molecule has 6 nitrogen and oxygen atoms in total. The molecule has 0 atom stereocenters. The molecule has 0 aliphatic heterocycles. The van der Waals surface area contributed by atoms with Gasteiger partial charge in [-0.2, -0.15) is 5.10 Å². The third kappa shape index (κ3) is 2.87. The first-order chi connectivity index (χ1) is 9.85. The van der Waals surface area contributed by atoms with Crippen LogP contribution >= 0.6 is 0 Å². The molecule has 6 heteroatoms. The molecule has 0 saturated heterocycles. The van der Waals surface area contributed by atoms with Crippen molar-refractivity contribution in [1.29, 1.82) is 0 Å². The molecule has 2 heterocycles. The van der Waals surface area contributed by atoms with E-state index in [1.54, 1.807) is 10.9 Å². The quantitative estimate of drug-likeness (QED) is 0.626. The molecule has 104 valence electrons. The van der Waals surface area contributed by atoms with Crippen molar-refractivity contribution in [3.63, 3.8) is 0 Å². The Hall–Kier alpha value is -2.18. The zero-order valence-electron chi connectivity index (χ0n) is 11.1. The lowest BCUT2D eigenvalue weighted by Gasteiger charge is -1.99. The normalized spacial score (nSPS) is 11.2. The van der Waals surface area contributed by atoms with Crippen LogP contribution in [0.15, 0.2) is 36.7 Å². The highest BCUT2D eigenvalue weighted by Gasteiger charge is 2.02. The fourth-order valence-electron chi connectivity index (χ4n) is 2.14. The minimum absolute atomic E-state index is 0.105. The monoisotopic (exact) mass is 271 g/mol. The number of para-hydroxylation sites is 2. The topological polar surface area (TPSA) is 78.8 Å². The average molecular weight is 271 g/mol. The maximum absolute atomic E-state index is 8.83. The zero-order chi connectivity index (χ0) is 13.8. The summed E-state index contributed by atoms with van der Waals surface area (Å²) in [6, 6.07) is 7.99. The molecule has 0 unspecified atom stereocenters. The van der Waals surface area contributed by atoms with Gasteiger partial charge in [0.05, 0.1) is 36.9 Å². The van der Waals surface area contributed by atoms with Gasteiger partial charge in [0.2, 0.25) is 0 Å². The first-order valence-electron chi connectivity index (χ1n) is 6.61. The molecule has 0 saturated carbocycles. The third-order valence-electron chi connectivity index (χ3n) is 3.08. The maximum Gasteiger partial charge on any atom is 0.121 e. The van der Waals surface area contributed by atoms with Crippen LogP contribution in [0.3, 0.4) is 0 Å². The Balaban J connectivity index is 1.56. The Labute approximate surface area is 116 Å². The predicted octanol–water partition coefficient (Wildman–Crippen LogP) is 1.04. The van der Waals surface area contributed by atoms with Gasteiger partial charge in [-0.05, 0) is 12.1 Å². The molecule has 0 spiro atoms. The molecule has 0 fully saturated rings. The molecule has 1 aromatic carbocycles. The lowest BCUT2D eigenvalue weighted by Crippen LogP contribution is -2.13. The van der Waals surface area contributed by atoms with Crippen LogP contribution < -0.4 is 5.32 Å². The number of rotatable bonds is 6. The number of nitrogens with one attached hydrogen (secondary N) is 2. The fraction of sp³-hybridized carbons (Fsp3) is 0.286. The van der Waals surface area contributed by atoms with E-state index in [4.69, 9.17) is 5.11 Å². The number of fused-ring (bicyclic) bond motifs is 1. The number of aliphatic hydroxyl groups excluding tert-OH is 1. The van der Waals surface area contributed by atoms with Crippen LogP contribution in [0, 0.1) is 0 Å².